The van der Waals surface area contributed by atoms with Crippen molar-refractivity contribution in [1.29, 1.82) is 0 Å². The van der Waals surface area contributed by atoms with Crippen molar-refractivity contribution in [2.24, 2.45) is 0 Å². The van der Waals surface area contributed by atoms with Crippen molar-refractivity contribution < 1.29 is 27.6 Å². The number of phenolic OH excluding ortho intramolecular Hbond substituents is 1. The Morgan fingerprint density at radius 1 is 1.40 bits per heavy atom. The second kappa shape index (κ2) is 3.87. The first-order chi connectivity index (χ1) is 6.80. The molecule has 0 spiro atoms. The van der Waals surface area contributed by atoms with Crippen molar-refractivity contribution in [2.75, 3.05) is 0 Å². The quantitative estimate of drug-likeness (QED) is 0.439. The van der Waals surface area contributed by atoms with E-state index >= 15 is 0 Å². The van der Waals surface area contributed by atoms with Gasteiger partial charge >= 0.3 is 5.97 Å². The summed E-state index contributed by atoms with van der Waals surface area (Å²) in [6.07, 6.45) is 0. The van der Waals surface area contributed by atoms with Crippen molar-refractivity contribution in [2.45, 2.75) is 11.8 Å². The number of rotatable bonds is 2. The Labute approximate surface area is 85.9 Å². The Morgan fingerprint density at radius 3 is 2.47 bits per heavy atom. The van der Waals surface area contributed by atoms with Crippen LogP contribution in [0.2, 0.25) is 0 Å². The van der Waals surface area contributed by atoms with Gasteiger partial charge in [-0.3, -0.25) is 9.35 Å². The monoisotopic (exact) mass is 232 g/mol. The molecule has 0 radical (unpaired) electrons. The normalized spacial score (nSPS) is 11.1. The minimum absolute atomic E-state index is 0.322. The highest BCUT2D eigenvalue weighted by molar-refractivity contribution is 7.85. The number of hydrogen-bond acceptors (Lipinski definition) is 5. The molecule has 0 saturated carbocycles. The zero-order chi connectivity index (χ0) is 11.6. The average molecular weight is 232 g/mol. The van der Waals surface area contributed by atoms with Gasteiger partial charge in [0.1, 0.15) is 0 Å². The van der Waals surface area contributed by atoms with Gasteiger partial charge in [0.2, 0.25) is 0 Å². The highest BCUT2D eigenvalue weighted by atomic mass is 32.2. The van der Waals surface area contributed by atoms with Gasteiger partial charge in [0.25, 0.3) is 10.1 Å². The summed E-state index contributed by atoms with van der Waals surface area (Å²) in [5.74, 6) is -1.42. The maximum atomic E-state index is 10.7. The van der Waals surface area contributed by atoms with Gasteiger partial charge in [-0.2, -0.15) is 8.42 Å². The molecule has 0 aliphatic rings. The molecule has 82 valence electrons. The van der Waals surface area contributed by atoms with Gasteiger partial charge in [0.05, 0.1) is 4.90 Å². The van der Waals surface area contributed by atoms with Crippen molar-refractivity contribution in [3.8, 4) is 11.5 Å². The predicted octanol–water partition coefficient (Wildman–Crippen LogP) is 0.564. The molecule has 0 bridgehead atoms. The Bertz CT molecular complexity index is 490. The number of esters is 1. The summed E-state index contributed by atoms with van der Waals surface area (Å²) in [7, 11) is -4.38. The first-order valence-corrected chi connectivity index (χ1v) is 5.23. The summed E-state index contributed by atoms with van der Waals surface area (Å²) in [6.45, 7) is 1.10. The van der Waals surface area contributed by atoms with Crippen molar-refractivity contribution in [3.63, 3.8) is 0 Å². The fourth-order valence-electron chi connectivity index (χ4n) is 0.892. The van der Waals surface area contributed by atoms with Crippen LogP contribution in [0.5, 0.6) is 11.5 Å². The predicted molar refractivity (Wildman–Crippen MR) is 49.2 cm³/mol. The van der Waals surface area contributed by atoms with E-state index in [9.17, 15) is 18.3 Å². The Kier molecular flexibility index (Phi) is 2.96. The summed E-state index contributed by atoms with van der Waals surface area (Å²) in [4.78, 5) is 10.1. The Balaban J connectivity index is 3.23. The maximum Gasteiger partial charge on any atom is 0.308 e. The molecule has 0 amide bonds. The van der Waals surface area contributed by atoms with Gasteiger partial charge in [0, 0.05) is 13.0 Å². The van der Waals surface area contributed by atoms with Crippen LogP contribution >= 0.6 is 0 Å². The third-order valence-corrected chi connectivity index (χ3v) is 2.33. The van der Waals surface area contributed by atoms with Gasteiger partial charge in [-0.15, -0.1) is 0 Å². The lowest BCUT2D eigenvalue weighted by Gasteiger charge is -2.05. The summed E-state index contributed by atoms with van der Waals surface area (Å²) >= 11 is 0. The van der Waals surface area contributed by atoms with E-state index in [0.29, 0.717) is 0 Å². The molecule has 1 aromatic rings. The number of benzene rings is 1. The van der Waals surface area contributed by atoms with E-state index in [1.54, 1.807) is 0 Å². The number of aromatic hydroxyl groups is 1. The minimum atomic E-state index is -4.38. The molecule has 6 nitrogen and oxygen atoms in total. The second-order valence-corrected chi connectivity index (χ2v) is 4.12. The summed E-state index contributed by atoms with van der Waals surface area (Å²) < 4.78 is 34.6. The Hall–Kier alpha value is -1.60. The van der Waals surface area contributed by atoms with Crippen molar-refractivity contribution >= 4 is 16.1 Å². The largest absolute Gasteiger partial charge is 0.504 e. The van der Waals surface area contributed by atoms with Gasteiger partial charge in [0.15, 0.2) is 11.5 Å². The number of carbonyl (C=O) groups is 1. The molecular weight excluding hydrogens is 224 g/mol. The van der Waals surface area contributed by atoms with Gasteiger partial charge in [-0.1, -0.05) is 0 Å². The molecule has 7 heteroatoms. The lowest BCUT2D eigenvalue weighted by Crippen LogP contribution is -2.03. The smallest absolute Gasteiger partial charge is 0.308 e. The van der Waals surface area contributed by atoms with Crippen LogP contribution in [0.15, 0.2) is 23.1 Å². The fraction of sp³-hybridized carbons (Fsp3) is 0.125. The highest BCUT2D eigenvalue weighted by Gasteiger charge is 2.14. The highest BCUT2D eigenvalue weighted by Crippen LogP contribution is 2.28. The van der Waals surface area contributed by atoms with E-state index in [1.165, 1.54) is 0 Å². The molecule has 0 fully saturated rings. The lowest BCUT2D eigenvalue weighted by molar-refractivity contribution is -0.132. The van der Waals surface area contributed by atoms with Crippen LogP contribution in [0.1, 0.15) is 6.92 Å². The molecule has 0 heterocycles. The third-order valence-electron chi connectivity index (χ3n) is 1.48. The molecule has 1 rings (SSSR count). The van der Waals surface area contributed by atoms with Crippen LogP contribution in [-0.2, 0) is 14.9 Å². The van der Waals surface area contributed by atoms with E-state index in [-0.39, 0.29) is 5.75 Å². The molecule has 1 aromatic carbocycles. The van der Waals surface area contributed by atoms with E-state index in [0.717, 1.165) is 25.1 Å². The Morgan fingerprint density at radius 2 is 2.00 bits per heavy atom. The van der Waals surface area contributed by atoms with E-state index in [2.05, 4.69) is 4.74 Å². The number of hydrogen-bond donors (Lipinski definition) is 2. The third kappa shape index (κ3) is 2.93. The summed E-state index contributed by atoms with van der Waals surface area (Å²) in [6, 6.07) is 2.84. The van der Waals surface area contributed by atoms with Crippen LogP contribution in [0.4, 0.5) is 0 Å². The zero-order valence-electron chi connectivity index (χ0n) is 7.67. The van der Waals surface area contributed by atoms with Gasteiger partial charge in [-0.25, -0.2) is 0 Å². The van der Waals surface area contributed by atoms with Crippen LogP contribution < -0.4 is 4.74 Å². The second-order valence-electron chi connectivity index (χ2n) is 2.70. The number of carbonyl (C=O) groups excluding carboxylic acids is 1. The van der Waals surface area contributed by atoms with Crippen LogP contribution in [-0.4, -0.2) is 24.0 Å². The summed E-state index contributed by atoms with van der Waals surface area (Å²) in [5, 5.41) is 9.20. The van der Waals surface area contributed by atoms with Crippen molar-refractivity contribution in [1.82, 2.24) is 0 Å². The number of ether oxygens (including phenoxy) is 1. The molecule has 0 saturated heterocycles. The molecule has 0 atom stereocenters. The SMILES string of the molecule is CC(=O)Oc1cc(S(=O)(=O)O)ccc1O. The van der Waals surface area contributed by atoms with Crippen LogP contribution in [0, 0.1) is 0 Å². The molecule has 2 N–H and O–H groups in total. The molecule has 0 aliphatic carbocycles. The van der Waals surface area contributed by atoms with Crippen molar-refractivity contribution in [3.05, 3.63) is 18.2 Å². The van der Waals surface area contributed by atoms with E-state index in [1.807, 2.05) is 0 Å². The molecule has 0 aliphatic heterocycles. The summed E-state index contributed by atoms with van der Waals surface area (Å²) in [5.41, 5.74) is 0. The van der Waals surface area contributed by atoms with Crippen LogP contribution in [0.25, 0.3) is 0 Å². The first kappa shape index (κ1) is 11.5. The zero-order valence-corrected chi connectivity index (χ0v) is 8.48. The standard InChI is InChI=1S/C8H8O6S/c1-5(9)14-8-4-6(15(11,12)13)2-3-7(8)10/h2-4,10H,1H3,(H,11,12,13). The average Bonchev–Trinajstić information content (AvgIpc) is 2.06. The molecule has 15 heavy (non-hydrogen) atoms. The van der Waals surface area contributed by atoms with Gasteiger partial charge in [-0.05, 0) is 12.1 Å². The van der Waals surface area contributed by atoms with E-state index in [4.69, 9.17) is 4.55 Å². The van der Waals surface area contributed by atoms with Crippen LogP contribution in [0.3, 0.4) is 0 Å². The molecule has 0 aromatic heterocycles. The molecular formula is C8H8O6S. The minimum Gasteiger partial charge on any atom is -0.504 e. The topological polar surface area (TPSA) is 101 Å². The molecule has 0 unspecified atom stereocenters. The lowest BCUT2D eigenvalue weighted by atomic mass is 10.3. The first-order valence-electron chi connectivity index (χ1n) is 3.79. The fourth-order valence-corrected chi connectivity index (χ4v) is 1.39. The van der Waals surface area contributed by atoms with Gasteiger partial charge < -0.3 is 9.84 Å². The maximum absolute atomic E-state index is 10.7. The number of phenols is 1. The van der Waals surface area contributed by atoms with E-state index < -0.39 is 26.7 Å².